The lowest BCUT2D eigenvalue weighted by molar-refractivity contribution is -0.126. The van der Waals surface area contributed by atoms with Crippen LogP contribution in [0.5, 0.6) is 5.75 Å². The van der Waals surface area contributed by atoms with Gasteiger partial charge in [-0.05, 0) is 81.4 Å². The maximum Gasteiger partial charge on any atom is 0.393 e. The number of rotatable bonds is 7. The van der Waals surface area contributed by atoms with E-state index in [2.05, 4.69) is 34.4 Å². The van der Waals surface area contributed by atoms with Gasteiger partial charge in [0.1, 0.15) is 12.9 Å². The fourth-order valence-corrected chi connectivity index (χ4v) is 7.60. The lowest BCUT2D eigenvalue weighted by Crippen LogP contribution is -2.46. The predicted molar refractivity (Wildman–Crippen MR) is 160 cm³/mol. The fraction of sp³-hybridized carbons (Fsp3) is 0.467. The van der Waals surface area contributed by atoms with E-state index in [9.17, 15) is 17.7 Å². The van der Waals surface area contributed by atoms with Crippen LogP contribution in [0.15, 0.2) is 36.4 Å². The molecule has 1 saturated heterocycles. The molecule has 0 unspecified atom stereocenters. The number of nitrogens with one attached hydrogen (secondary N) is 2. The summed E-state index contributed by atoms with van der Waals surface area (Å²) < 4.78 is 82.0. The van der Waals surface area contributed by atoms with Crippen molar-refractivity contribution in [3.05, 3.63) is 46.8 Å². The minimum absolute atomic E-state index is 0.000838. The molecule has 1 aliphatic carbocycles. The van der Waals surface area contributed by atoms with E-state index in [4.69, 9.17) is 8.85 Å². The smallest absolute Gasteiger partial charge is 0.393 e. The summed E-state index contributed by atoms with van der Waals surface area (Å²) in [5.74, 6) is 5.85. The number of alkyl halides is 3. The van der Waals surface area contributed by atoms with Crippen LogP contribution in [0.1, 0.15) is 33.8 Å². The molecule has 0 radical (unpaired) electrons. The molecule has 2 heterocycles. The van der Waals surface area contributed by atoms with Crippen LogP contribution in [0, 0.1) is 17.3 Å². The lowest BCUT2D eigenvalue weighted by atomic mass is 9.89. The zero-order valence-corrected chi connectivity index (χ0v) is 24.5. The zero-order chi connectivity index (χ0) is 31.2. The molecule has 0 bridgehead atoms. The van der Waals surface area contributed by atoms with Gasteiger partial charge in [0.15, 0.2) is 0 Å². The Bertz CT molecular complexity index is 1620. The number of methoxy groups -OCH3 is 1. The highest BCUT2D eigenvalue weighted by Gasteiger charge is 2.51. The van der Waals surface area contributed by atoms with Gasteiger partial charge >= 0.3 is 6.18 Å². The minimum Gasteiger partial charge on any atom is -0.495 e. The Labute approximate surface area is 242 Å². The van der Waals surface area contributed by atoms with Gasteiger partial charge in [-0.1, -0.05) is 24.0 Å². The molecule has 1 aliphatic heterocycles. The molecule has 2 aromatic carbocycles. The van der Waals surface area contributed by atoms with Gasteiger partial charge in [-0.3, -0.25) is 0 Å². The molecule has 40 heavy (non-hydrogen) atoms. The molecule has 3 aromatic rings. The summed E-state index contributed by atoms with van der Waals surface area (Å²) in [5, 5.41) is 7.70. The van der Waals surface area contributed by atoms with Crippen LogP contribution >= 0.6 is 18.5 Å². The standard InChI is InChI=1S/C30H35F3N3O2PS/c1-36-16-12-27(29(19-36)13-14-29)35-24-8-5-7-21-22(18-30(31,32)33)26(40-28(21)24)9-6-15-34-23-11-10-20(39(3,4)37)17-25(23)38-2/h5,7-8,10-11,17,27,34-35H,12-16,18-19H2,1-4H3/t27-/m0/s1/i2D3. The van der Waals surface area contributed by atoms with Crippen molar-refractivity contribution in [2.24, 2.45) is 5.41 Å². The Kier molecular flexibility index (Phi) is 6.87. The van der Waals surface area contributed by atoms with Gasteiger partial charge < -0.3 is 24.8 Å². The average molecular weight is 593 g/mol. The average Bonchev–Trinajstić information content (AvgIpc) is 3.56. The summed E-state index contributed by atoms with van der Waals surface area (Å²) >= 11 is 1.26. The van der Waals surface area contributed by atoms with E-state index in [-0.39, 0.29) is 29.3 Å². The largest absolute Gasteiger partial charge is 0.495 e. The van der Waals surface area contributed by atoms with Crippen LogP contribution in [0.4, 0.5) is 24.5 Å². The third-order valence-electron chi connectivity index (χ3n) is 7.81. The van der Waals surface area contributed by atoms with Crippen molar-refractivity contribution in [3.8, 4) is 17.6 Å². The van der Waals surface area contributed by atoms with Gasteiger partial charge in [0.25, 0.3) is 0 Å². The van der Waals surface area contributed by atoms with E-state index in [0.717, 1.165) is 42.7 Å². The minimum atomic E-state index is -4.40. The number of hydrogen-bond donors (Lipinski definition) is 2. The van der Waals surface area contributed by atoms with Gasteiger partial charge in [0.05, 0.1) is 45.1 Å². The third-order valence-corrected chi connectivity index (χ3v) is 10.5. The molecule has 2 fully saturated rings. The molecular weight excluding hydrogens is 554 g/mol. The van der Waals surface area contributed by atoms with Crippen LogP contribution in [-0.4, -0.2) is 64.2 Å². The second-order valence-corrected chi connectivity index (χ2v) is 15.5. The van der Waals surface area contributed by atoms with Crippen molar-refractivity contribution >= 4 is 45.2 Å². The Morgan fingerprint density at radius 3 is 2.75 bits per heavy atom. The topological polar surface area (TPSA) is 53.6 Å². The second kappa shape index (κ2) is 11.0. The number of ether oxygens (including phenoxy) is 1. The Hall–Kier alpha value is -2.66. The Morgan fingerprint density at radius 2 is 2.05 bits per heavy atom. The molecule has 1 atom stereocenters. The number of halogens is 3. The van der Waals surface area contributed by atoms with Crippen molar-refractivity contribution in [2.75, 3.05) is 57.7 Å². The first-order valence-corrected chi connectivity index (χ1v) is 16.6. The quantitative estimate of drug-likeness (QED) is 0.239. The first-order valence-electron chi connectivity index (χ1n) is 14.7. The normalized spacial score (nSPS) is 20.2. The van der Waals surface area contributed by atoms with Crippen molar-refractivity contribution in [1.29, 1.82) is 0 Å². The van der Waals surface area contributed by atoms with Gasteiger partial charge in [-0.2, -0.15) is 13.2 Å². The molecule has 1 saturated carbocycles. The lowest BCUT2D eigenvalue weighted by Gasteiger charge is -2.38. The molecular formula is C30H35F3N3O2PS. The number of hydrogen-bond acceptors (Lipinski definition) is 6. The molecule has 2 aliphatic rings. The molecule has 2 N–H and O–H groups in total. The van der Waals surface area contributed by atoms with E-state index in [1.807, 2.05) is 6.07 Å². The molecule has 5 nitrogen and oxygen atoms in total. The van der Waals surface area contributed by atoms with Crippen molar-refractivity contribution in [3.63, 3.8) is 0 Å². The highest BCUT2D eigenvalue weighted by atomic mass is 32.1. The van der Waals surface area contributed by atoms with Crippen LogP contribution in [0.25, 0.3) is 10.1 Å². The maximum absolute atomic E-state index is 13.7. The van der Waals surface area contributed by atoms with E-state index in [0.29, 0.717) is 21.3 Å². The van der Waals surface area contributed by atoms with Crippen molar-refractivity contribution in [1.82, 2.24) is 4.90 Å². The summed E-state index contributed by atoms with van der Waals surface area (Å²) in [5.41, 5.74) is 1.55. The summed E-state index contributed by atoms with van der Waals surface area (Å²) in [6.07, 6.45) is -2.21. The van der Waals surface area contributed by atoms with Crippen molar-refractivity contribution in [2.45, 2.75) is 37.9 Å². The Morgan fingerprint density at radius 1 is 1.25 bits per heavy atom. The second-order valence-electron chi connectivity index (χ2n) is 11.3. The van der Waals surface area contributed by atoms with Crippen LogP contribution in [-0.2, 0) is 11.0 Å². The van der Waals surface area contributed by atoms with Crippen LogP contribution in [0.2, 0.25) is 0 Å². The number of anilines is 2. The summed E-state index contributed by atoms with van der Waals surface area (Å²) in [7, 11) is -3.28. The van der Waals surface area contributed by atoms with Gasteiger partial charge in [0, 0.05) is 23.3 Å². The monoisotopic (exact) mass is 592 g/mol. The van der Waals surface area contributed by atoms with Gasteiger partial charge in [0.2, 0.25) is 0 Å². The maximum atomic E-state index is 13.7. The highest BCUT2D eigenvalue weighted by molar-refractivity contribution is 7.70. The third kappa shape index (κ3) is 6.30. The number of fused-ring (bicyclic) bond motifs is 1. The number of likely N-dealkylation sites (tertiary alicyclic amines) is 1. The van der Waals surface area contributed by atoms with Crippen LogP contribution < -0.4 is 20.7 Å². The van der Waals surface area contributed by atoms with E-state index in [1.165, 1.54) is 17.4 Å². The fourth-order valence-electron chi connectivity index (χ4n) is 5.56. The molecule has 1 aromatic heterocycles. The zero-order valence-electron chi connectivity index (χ0n) is 25.7. The molecule has 5 rings (SSSR count). The molecule has 214 valence electrons. The summed E-state index contributed by atoms with van der Waals surface area (Å²) in [4.78, 5) is 2.69. The van der Waals surface area contributed by atoms with E-state index >= 15 is 0 Å². The van der Waals surface area contributed by atoms with Gasteiger partial charge in [-0.15, -0.1) is 11.3 Å². The summed E-state index contributed by atoms with van der Waals surface area (Å²) in [6.45, 7) is 5.16. The van der Waals surface area contributed by atoms with Gasteiger partial charge in [-0.25, -0.2) is 0 Å². The SMILES string of the molecule is [2H]C([2H])([2H])Oc1cc(P(C)(C)=O)ccc1NCC#Cc1sc2c(N[C@H]3CCN(C)CC34CC4)cccc2c1CC(F)(F)F. The number of nitrogens with zero attached hydrogens (tertiary/aromatic N) is 1. The molecule has 10 heteroatoms. The molecule has 0 amide bonds. The van der Waals surface area contributed by atoms with Crippen LogP contribution in [0.3, 0.4) is 0 Å². The highest BCUT2D eigenvalue weighted by Crippen LogP contribution is 2.53. The van der Waals surface area contributed by atoms with E-state index in [1.54, 1.807) is 37.6 Å². The van der Waals surface area contributed by atoms with Crippen molar-refractivity contribution < 1.29 is 26.6 Å². The number of thiophene rings is 1. The molecule has 1 spiro atoms. The first-order chi connectivity index (χ1) is 20.0. The van der Waals surface area contributed by atoms with E-state index < -0.39 is 26.8 Å². The summed E-state index contributed by atoms with van der Waals surface area (Å²) in [6, 6.07) is 10.4. The first kappa shape index (κ1) is 25.1. The number of piperidine rings is 1. The Balaban J connectivity index is 1.42. The predicted octanol–water partition coefficient (Wildman–Crippen LogP) is 6.62. The number of benzene rings is 2.